The van der Waals surface area contributed by atoms with E-state index in [2.05, 4.69) is 0 Å². The molecule has 0 heterocycles. The van der Waals surface area contributed by atoms with Crippen LogP contribution >= 0.6 is 0 Å². The first-order valence-corrected chi connectivity index (χ1v) is 5.50. The molecule has 0 saturated heterocycles. The zero-order valence-electron chi connectivity index (χ0n) is 8.78. The molecule has 1 atom stereocenters. The second kappa shape index (κ2) is 4.15. The monoisotopic (exact) mass is 204 g/mol. The molecule has 0 aliphatic heterocycles. The van der Waals surface area contributed by atoms with Crippen LogP contribution in [0.5, 0.6) is 0 Å². The summed E-state index contributed by atoms with van der Waals surface area (Å²) in [5.74, 6) is 0.0117. The average Bonchev–Trinajstić information content (AvgIpc) is 2.24. The van der Waals surface area contributed by atoms with Crippen molar-refractivity contribution in [3.63, 3.8) is 0 Å². The average molecular weight is 204 g/mol. The molecule has 1 aromatic carbocycles. The Morgan fingerprint density at radius 1 is 1.20 bits per heavy atom. The second-order valence-electron chi connectivity index (χ2n) is 4.32. The molecule has 2 rings (SSSR count). The van der Waals surface area contributed by atoms with Crippen molar-refractivity contribution in [1.29, 1.82) is 0 Å². The largest absolute Gasteiger partial charge is 0.382 e. The Morgan fingerprint density at radius 2 is 1.93 bits per heavy atom. The number of benzene rings is 1. The second-order valence-corrected chi connectivity index (χ2v) is 4.32. The molecule has 0 radical (unpaired) electrons. The Labute approximate surface area is 89.9 Å². The van der Waals surface area contributed by atoms with Gasteiger partial charge in [0.25, 0.3) is 0 Å². The van der Waals surface area contributed by atoms with Gasteiger partial charge in [-0.15, -0.1) is 0 Å². The summed E-state index contributed by atoms with van der Waals surface area (Å²) >= 11 is 0. The predicted octanol–water partition coefficient (Wildman–Crippen LogP) is 2.10. The molecular formula is C13H16O2. The maximum absolute atomic E-state index is 11.7. The smallest absolute Gasteiger partial charge is 0.164 e. The minimum atomic E-state index is -1.10. The van der Waals surface area contributed by atoms with Crippen molar-refractivity contribution in [1.82, 2.24) is 0 Å². The van der Waals surface area contributed by atoms with E-state index in [1.165, 1.54) is 0 Å². The van der Waals surface area contributed by atoms with Crippen molar-refractivity contribution < 1.29 is 9.90 Å². The summed E-state index contributed by atoms with van der Waals surface area (Å²) in [4.78, 5) is 11.7. The predicted molar refractivity (Wildman–Crippen MR) is 58.6 cm³/mol. The molecule has 80 valence electrons. The SMILES string of the molecule is O=C1CCCC[C@]1(O)Cc1ccccc1. The van der Waals surface area contributed by atoms with Gasteiger partial charge in [-0.2, -0.15) is 0 Å². The number of carbonyl (C=O) groups is 1. The molecule has 0 aromatic heterocycles. The van der Waals surface area contributed by atoms with E-state index in [-0.39, 0.29) is 5.78 Å². The first-order valence-electron chi connectivity index (χ1n) is 5.50. The number of ketones is 1. The van der Waals surface area contributed by atoms with E-state index in [1.807, 2.05) is 30.3 Å². The Morgan fingerprint density at radius 3 is 2.60 bits per heavy atom. The third kappa shape index (κ3) is 2.26. The number of rotatable bonds is 2. The van der Waals surface area contributed by atoms with Gasteiger partial charge in [0.1, 0.15) is 5.60 Å². The van der Waals surface area contributed by atoms with Gasteiger partial charge < -0.3 is 5.11 Å². The van der Waals surface area contributed by atoms with E-state index in [1.54, 1.807) is 0 Å². The molecule has 1 fully saturated rings. The lowest BCUT2D eigenvalue weighted by Crippen LogP contribution is -2.43. The van der Waals surface area contributed by atoms with E-state index < -0.39 is 5.60 Å². The number of hydrogen-bond donors (Lipinski definition) is 1. The Bertz CT molecular complexity index is 345. The van der Waals surface area contributed by atoms with Gasteiger partial charge in [0.05, 0.1) is 0 Å². The molecule has 2 heteroatoms. The molecule has 0 amide bonds. The van der Waals surface area contributed by atoms with Crippen molar-refractivity contribution in [2.75, 3.05) is 0 Å². The van der Waals surface area contributed by atoms with Crippen LogP contribution in [0.3, 0.4) is 0 Å². The van der Waals surface area contributed by atoms with Gasteiger partial charge in [-0.05, 0) is 24.8 Å². The molecule has 0 bridgehead atoms. The fraction of sp³-hybridized carbons (Fsp3) is 0.462. The standard InChI is InChI=1S/C13H16O2/c14-12-8-4-5-9-13(12,15)10-11-6-2-1-3-7-11/h1-3,6-7,15H,4-5,8-10H2/t13-/m0/s1. The summed E-state index contributed by atoms with van der Waals surface area (Å²) < 4.78 is 0. The lowest BCUT2D eigenvalue weighted by molar-refractivity contribution is -0.140. The fourth-order valence-corrected chi connectivity index (χ4v) is 2.20. The molecule has 0 spiro atoms. The van der Waals surface area contributed by atoms with Gasteiger partial charge in [0.15, 0.2) is 5.78 Å². The highest BCUT2D eigenvalue weighted by molar-refractivity contribution is 5.88. The van der Waals surface area contributed by atoms with Crippen LogP contribution in [0.1, 0.15) is 31.2 Å². The lowest BCUT2D eigenvalue weighted by Gasteiger charge is -2.30. The Hall–Kier alpha value is -1.15. The summed E-state index contributed by atoms with van der Waals surface area (Å²) in [6.07, 6.45) is 3.49. The van der Waals surface area contributed by atoms with Gasteiger partial charge in [-0.25, -0.2) is 0 Å². The highest BCUT2D eigenvalue weighted by Gasteiger charge is 2.37. The van der Waals surface area contributed by atoms with Crippen LogP contribution in [0.15, 0.2) is 30.3 Å². The normalized spacial score (nSPS) is 26.6. The topological polar surface area (TPSA) is 37.3 Å². The minimum absolute atomic E-state index is 0.0117. The first-order chi connectivity index (χ1) is 7.21. The third-order valence-electron chi connectivity index (χ3n) is 3.10. The molecule has 1 saturated carbocycles. The number of aliphatic hydroxyl groups is 1. The van der Waals surface area contributed by atoms with Crippen LogP contribution in [0.4, 0.5) is 0 Å². The molecule has 1 aliphatic rings. The lowest BCUT2D eigenvalue weighted by atomic mass is 9.79. The van der Waals surface area contributed by atoms with Crippen LogP contribution in [-0.4, -0.2) is 16.5 Å². The van der Waals surface area contributed by atoms with Crippen molar-refractivity contribution in [3.05, 3.63) is 35.9 Å². The van der Waals surface area contributed by atoms with Crippen molar-refractivity contribution in [2.24, 2.45) is 0 Å². The maximum Gasteiger partial charge on any atom is 0.164 e. The first kappa shape index (κ1) is 10.4. The summed E-state index contributed by atoms with van der Waals surface area (Å²) in [6.45, 7) is 0. The molecule has 2 nitrogen and oxygen atoms in total. The van der Waals surface area contributed by atoms with Gasteiger partial charge >= 0.3 is 0 Å². The van der Waals surface area contributed by atoms with E-state index in [4.69, 9.17) is 0 Å². The third-order valence-corrected chi connectivity index (χ3v) is 3.10. The van der Waals surface area contributed by atoms with Crippen LogP contribution < -0.4 is 0 Å². The van der Waals surface area contributed by atoms with Gasteiger partial charge in [-0.1, -0.05) is 30.3 Å². The number of carbonyl (C=O) groups excluding carboxylic acids is 1. The minimum Gasteiger partial charge on any atom is -0.382 e. The van der Waals surface area contributed by atoms with E-state index in [9.17, 15) is 9.90 Å². The van der Waals surface area contributed by atoms with Crippen molar-refractivity contribution >= 4 is 5.78 Å². The van der Waals surface area contributed by atoms with Gasteiger partial charge in [0.2, 0.25) is 0 Å². The van der Waals surface area contributed by atoms with Crippen LogP contribution in [-0.2, 0) is 11.2 Å². The Balaban J connectivity index is 2.13. The summed E-state index contributed by atoms with van der Waals surface area (Å²) in [5, 5.41) is 10.2. The molecule has 1 aliphatic carbocycles. The summed E-state index contributed by atoms with van der Waals surface area (Å²) in [5.41, 5.74) is -0.0603. The van der Waals surface area contributed by atoms with Crippen molar-refractivity contribution in [2.45, 2.75) is 37.7 Å². The van der Waals surface area contributed by atoms with Gasteiger partial charge in [0, 0.05) is 12.8 Å². The Kier molecular flexibility index (Phi) is 2.87. The van der Waals surface area contributed by atoms with E-state index in [0.717, 1.165) is 18.4 Å². The zero-order valence-corrected chi connectivity index (χ0v) is 8.78. The van der Waals surface area contributed by atoms with E-state index >= 15 is 0 Å². The maximum atomic E-state index is 11.7. The molecule has 1 N–H and O–H groups in total. The molecule has 15 heavy (non-hydrogen) atoms. The number of hydrogen-bond acceptors (Lipinski definition) is 2. The zero-order chi connectivity index (χ0) is 10.7. The molecule has 1 aromatic rings. The van der Waals surface area contributed by atoms with E-state index in [0.29, 0.717) is 19.3 Å². The highest BCUT2D eigenvalue weighted by Crippen LogP contribution is 2.28. The highest BCUT2D eigenvalue weighted by atomic mass is 16.3. The van der Waals surface area contributed by atoms with Gasteiger partial charge in [-0.3, -0.25) is 4.79 Å². The quantitative estimate of drug-likeness (QED) is 0.801. The van der Waals surface area contributed by atoms with Crippen LogP contribution in [0.25, 0.3) is 0 Å². The fourth-order valence-electron chi connectivity index (χ4n) is 2.20. The summed E-state index contributed by atoms with van der Waals surface area (Å²) in [7, 11) is 0. The van der Waals surface area contributed by atoms with Crippen LogP contribution in [0, 0.1) is 0 Å². The summed E-state index contributed by atoms with van der Waals surface area (Å²) in [6, 6.07) is 9.73. The molecular weight excluding hydrogens is 188 g/mol. The molecule has 0 unspecified atom stereocenters. The van der Waals surface area contributed by atoms with Crippen LogP contribution in [0.2, 0.25) is 0 Å². The number of Topliss-reactive ketones (excluding diaryl/α,β-unsaturated/α-hetero) is 1. The van der Waals surface area contributed by atoms with Crippen molar-refractivity contribution in [3.8, 4) is 0 Å².